The topological polar surface area (TPSA) is 38.5 Å². The zero-order valence-electron chi connectivity index (χ0n) is 12.6. The van der Waals surface area contributed by atoms with Crippen molar-refractivity contribution in [3.8, 4) is 5.75 Å². The average Bonchev–Trinajstić information content (AvgIpc) is 2.38. The summed E-state index contributed by atoms with van der Waals surface area (Å²) < 4.78 is 5.46. The van der Waals surface area contributed by atoms with E-state index in [0.717, 1.165) is 25.4 Å². The van der Waals surface area contributed by atoms with Gasteiger partial charge in [-0.2, -0.15) is 0 Å². The Morgan fingerprint density at radius 1 is 1.32 bits per heavy atom. The summed E-state index contributed by atoms with van der Waals surface area (Å²) in [7, 11) is 3.93. The van der Waals surface area contributed by atoms with Crippen molar-refractivity contribution in [1.29, 1.82) is 0 Å². The summed E-state index contributed by atoms with van der Waals surface area (Å²) in [5.74, 6) is 2.16. The fraction of sp³-hybridized carbons (Fsp3) is 0.625. The molecule has 1 fully saturated rings. The van der Waals surface area contributed by atoms with Crippen LogP contribution in [-0.4, -0.2) is 38.7 Å². The zero-order chi connectivity index (χ0) is 14.0. The van der Waals surface area contributed by atoms with Crippen molar-refractivity contribution in [1.82, 2.24) is 4.90 Å². The van der Waals surface area contributed by atoms with E-state index in [2.05, 4.69) is 37.9 Å². The second-order valence-corrected chi connectivity index (χ2v) is 5.84. The second-order valence-electron chi connectivity index (χ2n) is 5.84. The summed E-state index contributed by atoms with van der Waals surface area (Å²) >= 11 is 0. The first-order valence-corrected chi connectivity index (χ1v) is 7.10. The number of rotatable bonds is 3. The molecule has 106 valence electrons. The SMILES string of the molecule is COc1c(C)cc(C2CCN(C)CC2CN)cc1C. The fourth-order valence-electron chi connectivity index (χ4n) is 3.41. The van der Waals surface area contributed by atoms with Crippen LogP contribution in [0.4, 0.5) is 0 Å². The molecular weight excluding hydrogens is 236 g/mol. The number of methoxy groups -OCH3 is 1. The second kappa shape index (κ2) is 5.93. The van der Waals surface area contributed by atoms with Crippen molar-refractivity contribution in [3.05, 3.63) is 28.8 Å². The molecule has 0 aliphatic carbocycles. The maximum atomic E-state index is 5.97. The predicted octanol–water partition coefficient (Wildman–Crippen LogP) is 2.31. The minimum atomic E-state index is 0.561. The Balaban J connectivity index is 2.30. The number of likely N-dealkylation sites (tertiary alicyclic amines) is 1. The van der Waals surface area contributed by atoms with E-state index in [1.807, 2.05) is 0 Å². The fourth-order valence-corrected chi connectivity index (χ4v) is 3.41. The number of nitrogens with two attached hydrogens (primary N) is 1. The largest absolute Gasteiger partial charge is 0.496 e. The Morgan fingerprint density at radius 3 is 2.47 bits per heavy atom. The minimum Gasteiger partial charge on any atom is -0.496 e. The molecule has 3 heteroatoms. The summed E-state index contributed by atoms with van der Waals surface area (Å²) in [5, 5.41) is 0. The van der Waals surface area contributed by atoms with Crippen LogP contribution in [0.15, 0.2) is 12.1 Å². The summed E-state index contributed by atoms with van der Waals surface area (Å²) in [4.78, 5) is 2.39. The molecule has 19 heavy (non-hydrogen) atoms. The van der Waals surface area contributed by atoms with Gasteiger partial charge in [-0.15, -0.1) is 0 Å². The van der Waals surface area contributed by atoms with Crippen molar-refractivity contribution in [2.45, 2.75) is 26.2 Å². The van der Waals surface area contributed by atoms with Gasteiger partial charge in [0.15, 0.2) is 0 Å². The molecule has 2 unspecified atom stereocenters. The number of piperidine rings is 1. The van der Waals surface area contributed by atoms with Gasteiger partial charge in [0.05, 0.1) is 7.11 Å². The van der Waals surface area contributed by atoms with Gasteiger partial charge in [-0.1, -0.05) is 12.1 Å². The van der Waals surface area contributed by atoms with Gasteiger partial charge in [0, 0.05) is 6.54 Å². The van der Waals surface area contributed by atoms with Crippen LogP contribution in [0.5, 0.6) is 5.75 Å². The van der Waals surface area contributed by atoms with E-state index in [9.17, 15) is 0 Å². The maximum Gasteiger partial charge on any atom is 0.124 e. The molecule has 1 heterocycles. The van der Waals surface area contributed by atoms with Crippen LogP contribution in [-0.2, 0) is 0 Å². The molecule has 2 rings (SSSR count). The molecule has 1 aromatic carbocycles. The van der Waals surface area contributed by atoms with Crippen LogP contribution < -0.4 is 10.5 Å². The number of benzene rings is 1. The quantitative estimate of drug-likeness (QED) is 0.908. The molecular formula is C16H26N2O. The molecule has 2 N–H and O–H groups in total. The number of hydrogen-bond donors (Lipinski definition) is 1. The van der Waals surface area contributed by atoms with Gasteiger partial charge in [0.2, 0.25) is 0 Å². The first kappa shape index (κ1) is 14.4. The van der Waals surface area contributed by atoms with E-state index in [4.69, 9.17) is 10.5 Å². The lowest BCUT2D eigenvalue weighted by Crippen LogP contribution is -2.40. The highest BCUT2D eigenvalue weighted by Crippen LogP contribution is 2.35. The minimum absolute atomic E-state index is 0.561. The monoisotopic (exact) mass is 262 g/mol. The van der Waals surface area contributed by atoms with Gasteiger partial charge in [-0.05, 0) is 68.9 Å². The summed E-state index contributed by atoms with van der Waals surface area (Å²) in [5.41, 5.74) is 9.86. The third kappa shape index (κ3) is 2.93. The maximum absolute atomic E-state index is 5.97. The molecule has 3 nitrogen and oxygen atoms in total. The highest BCUT2D eigenvalue weighted by atomic mass is 16.5. The van der Waals surface area contributed by atoms with Gasteiger partial charge < -0.3 is 15.4 Å². The molecule has 0 saturated carbocycles. The lowest BCUT2D eigenvalue weighted by Gasteiger charge is -2.37. The van der Waals surface area contributed by atoms with Crippen LogP contribution in [0, 0.1) is 19.8 Å². The van der Waals surface area contributed by atoms with Crippen LogP contribution in [0.25, 0.3) is 0 Å². The Bertz CT molecular complexity index is 421. The highest BCUT2D eigenvalue weighted by molar-refractivity contribution is 5.44. The van der Waals surface area contributed by atoms with E-state index >= 15 is 0 Å². The van der Waals surface area contributed by atoms with E-state index in [1.165, 1.54) is 23.1 Å². The molecule has 0 spiro atoms. The first-order chi connectivity index (χ1) is 9.06. The van der Waals surface area contributed by atoms with Crippen LogP contribution in [0.3, 0.4) is 0 Å². The molecule has 2 atom stereocenters. The van der Waals surface area contributed by atoms with Crippen LogP contribution in [0.1, 0.15) is 29.0 Å². The molecule has 1 aliphatic rings. The normalized spacial score (nSPS) is 24.5. The number of aryl methyl sites for hydroxylation is 2. The van der Waals surface area contributed by atoms with Crippen molar-refractivity contribution in [2.75, 3.05) is 33.8 Å². The third-order valence-corrected chi connectivity index (χ3v) is 4.35. The van der Waals surface area contributed by atoms with Gasteiger partial charge in [-0.3, -0.25) is 0 Å². The van der Waals surface area contributed by atoms with Crippen LogP contribution >= 0.6 is 0 Å². The van der Waals surface area contributed by atoms with Crippen molar-refractivity contribution >= 4 is 0 Å². The number of hydrogen-bond acceptors (Lipinski definition) is 3. The number of ether oxygens (including phenoxy) is 1. The molecule has 0 aromatic heterocycles. The summed E-state index contributed by atoms with van der Waals surface area (Å²) in [6, 6.07) is 4.56. The number of nitrogens with zero attached hydrogens (tertiary/aromatic N) is 1. The average molecular weight is 262 g/mol. The lowest BCUT2D eigenvalue weighted by molar-refractivity contribution is 0.188. The van der Waals surface area contributed by atoms with E-state index in [1.54, 1.807) is 7.11 Å². The standard InChI is InChI=1S/C16H26N2O/c1-11-7-13(8-12(2)16(11)19-4)15-5-6-18(3)10-14(15)9-17/h7-8,14-15H,5-6,9-10,17H2,1-4H3. The van der Waals surface area contributed by atoms with Gasteiger partial charge >= 0.3 is 0 Å². The predicted molar refractivity (Wildman–Crippen MR) is 79.9 cm³/mol. The van der Waals surface area contributed by atoms with Crippen molar-refractivity contribution in [3.63, 3.8) is 0 Å². The summed E-state index contributed by atoms with van der Waals surface area (Å²) in [6.45, 7) is 7.28. The van der Waals surface area contributed by atoms with Crippen molar-refractivity contribution in [2.24, 2.45) is 11.7 Å². The van der Waals surface area contributed by atoms with E-state index in [-0.39, 0.29) is 0 Å². The summed E-state index contributed by atoms with van der Waals surface area (Å²) in [6.07, 6.45) is 1.20. The van der Waals surface area contributed by atoms with E-state index in [0.29, 0.717) is 11.8 Å². The lowest BCUT2D eigenvalue weighted by atomic mass is 9.79. The molecule has 1 aromatic rings. The Morgan fingerprint density at radius 2 is 1.95 bits per heavy atom. The highest BCUT2D eigenvalue weighted by Gasteiger charge is 2.28. The molecule has 0 amide bonds. The van der Waals surface area contributed by atoms with Crippen LogP contribution in [0.2, 0.25) is 0 Å². The van der Waals surface area contributed by atoms with Gasteiger partial charge in [0.1, 0.15) is 5.75 Å². The van der Waals surface area contributed by atoms with Gasteiger partial charge in [-0.25, -0.2) is 0 Å². The molecule has 1 aliphatic heterocycles. The Labute approximate surface area is 116 Å². The smallest absolute Gasteiger partial charge is 0.124 e. The van der Waals surface area contributed by atoms with E-state index < -0.39 is 0 Å². The van der Waals surface area contributed by atoms with Gasteiger partial charge in [0.25, 0.3) is 0 Å². The third-order valence-electron chi connectivity index (χ3n) is 4.35. The zero-order valence-corrected chi connectivity index (χ0v) is 12.6. The van der Waals surface area contributed by atoms with Crippen molar-refractivity contribution < 1.29 is 4.74 Å². The Kier molecular flexibility index (Phi) is 4.48. The molecule has 1 saturated heterocycles. The first-order valence-electron chi connectivity index (χ1n) is 7.10. The molecule has 0 bridgehead atoms. The molecule has 0 radical (unpaired) electrons. The Hall–Kier alpha value is -1.06.